The molecule has 0 aromatic heterocycles. The van der Waals surface area contributed by atoms with Gasteiger partial charge in [-0.25, -0.2) is 0 Å². The van der Waals surface area contributed by atoms with Crippen molar-refractivity contribution in [2.45, 2.75) is 19.4 Å². The van der Waals surface area contributed by atoms with Crippen LogP contribution in [0, 0.1) is 6.92 Å². The summed E-state index contributed by atoms with van der Waals surface area (Å²) in [4.78, 5) is 25.0. The second kappa shape index (κ2) is 9.39. The Hall–Kier alpha value is -3.42. The van der Waals surface area contributed by atoms with Crippen LogP contribution in [0.25, 0.3) is 0 Å². The van der Waals surface area contributed by atoms with Gasteiger partial charge < -0.3 is 29.6 Å². The molecule has 0 saturated carbocycles. The maximum atomic E-state index is 12.6. The van der Waals surface area contributed by atoms with Crippen LogP contribution >= 0.6 is 0 Å². The standard InChI is InChI=1S/C22H26N2O6/c1-13-5-6-17-15(9-13)16(7-8-30-17)24-20(25)12-23-22(26)14-10-18(27-2)21(29-4)19(11-14)28-3/h5-6,9-11,16H,7-8,12H2,1-4H3,(H,23,26)(H,24,25). The molecule has 0 saturated heterocycles. The zero-order chi connectivity index (χ0) is 21.7. The molecule has 2 N–H and O–H groups in total. The Morgan fingerprint density at radius 1 is 1.07 bits per heavy atom. The van der Waals surface area contributed by atoms with Gasteiger partial charge in [0.05, 0.1) is 40.5 Å². The number of nitrogens with one attached hydrogen (secondary N) is 2. The number of carbonyl (C=O) groups is 2. The van der Waals surface area contributed by atoms with Gasteiger partial charge in [-0.2, -0.15) is 0 Å². The van der Waals surface area contributed by atoms with Crippen molar-refractivity contribution >= 4 is 11.8 Å². The summed E-state index contributed by atoms with van der Waals surface area (Å²) >= 11 is 0. The molecule has 1 atom stereocenters. The zero-order valence-corrected chi connectivity index (χ0v) is 17.5. The molecule has 30 heavy (non-hydrogen) atoms. The highest BCUT2D eigenvalue weighted by Gasteiger charge is 2.23. The molecule has 2 amide bonds. The van der Waals surface area contributed by atoms with Crippen LogP contribution in [0.4, 0.5) is 0 Å². The summed E-state index contributed by atoms with van der Waals surface area (Å²) in [5.41, 5.74) is 2.34. The van der Waals surface area contributed by atoms with Crippen LogP contribution < -0.4 is 29.6 Å². The molecule has 0 bridgehead atoms. The van der Waals surface area contributed by atoms with Gasteiger partial charge in [-0.3, -0.25) is 9.59 Å². The van der Waals surface area contributed by atoms with Gasteiger partial charge in [0.2, 0.25) is 11.7 Å². The number of rotatable bonds is 7. The number of fused-ring (bicyclic) bond motifs is 1. The van der Waals surface area contributed by atoms with Gasteiger partial charge in [0.15, 0.2) is 11.5 Å². The summed E-state index contributed by atoms with van der Waals surface area (Å²) in [7, 11) is 4.43. The van der Waals surface area contributed by atoms with Crippen molar-refractivity contribution in [3.8, 4) is 23.0 Å². The number of hydrogen-bond donors (Lipinski definition) is 2. The minimum absolute atomic E-state index is 0.153. The lowest BCUT2D eigenvalue weighted by Crippen LogP contribution is -2.40. The predicted molar refractivity (Wildman–Crippen MR) is 111 cm³/mol. The molecule has 3 rings (SSSR count). The lowest BCUT2D eigenvalue weighted by atomic mass is 9.98. The number of ether oxygens (including phenoxy) is 4. The van der Waals surface area contributed by atoms with E-state index in [9.17, 15) is 9.59 Å². The highest BCUT2D eigenvalue weighted by atomic mass is 16.5. The first-order valence-electron chi connectivity index (χ1n) is 9.57. The summed E-state index contributed by atoms with van der Waals surface area (Å²) in [5.74, 6) is 1.19. The summed E-state index contributed by atoms with van der Waals surface area (Å²) in [6.07, 6.45) is 0.670. The summed E-state index contributed by atoms with van der Waals surface area (Å²) in [6, 6.07) is 8.81. The lowest BCUT2D eigenvalue weighted by Gasteiger charge is -2.27. The molecule has 1 aliphatic rings. The minimum atomic E-state index is -0.423. The average Bonchev–Trinajstić information content (AvgIpc) is 2.76. The van der Waals surface area contributed by atoms with Crippen molar-refractivity contribution in [3.63, 3.8) is 0 Å². The van der Waals surface area contributed by atoms with E-state index in [0.717, 1.165) is 16.9 Å². The van der Waals surface area contributed by atoms with Gasteiger partial charge in [0.1, 0.15) is 5.75 Å². The maximum absolute atomic E-state index is 12.6. The monoisotopic (exact) mass is 414 g/mol. The molecule has 160 valence electrons. The highest BCUT2D eigenvalue weighted by Crippen LogP contribution is 2.38. The Bertz CT molecular complexity index is 918. The number of aryl methyl sites for hydroxylation is 1. The quantitative estimate of drug-likeness (QED) is 0.722. The topological polar surface area (TPSA) is 95.1 Å². The second-order valence-corrected chi connectivity index (χ2v) is 6.90. The molecular weight excluding hydrogens is 388 g/mol. The molecule has 0 radical (unpaired) electrons. The van der Waals surface area contributed by atoms with Crippen molar-refractivity contribution in [1.82, 2.24) is 10.6 Å². The molecule has 0 fully saturated rings. The number of benzene rings is 2. The van der Waals surface area contributed by atoms with Gasteiger partial charge in [-0.15, -0.1) is 0 Å². The largest absolute Gasteiger partial charge is 0.493 e. The zero-order valence-electron chi connectivity index (χ0n) is 17.5. The third-order valence-corrected chi connectivity index (χ3v) is 4.88. The van der Waals surface area contributed by atoms with E-state index in [1.807, 2.05) is 25.1 Å². The number of hydrogen-bond acceptors (Lipinski definition) is 6. The minimum Gasteiger partial charge on any atom is -0.493 e. The van der Waals surface area contributed by atoms with Gasteiger partial charge in [-0.05, 0) is 25.1 Å². The third kappa shape index (κ3) is 4.59. The third-order valence-electron chi connectivity index (χ3n) is 4.88. The lowest BCUT2D eigenvalue weighted by molar-refractivity contribution is -0.121. The Labute approximate surface area is 175 Å². The maximum Gasteiger partial charge on any atom is 0.251 e. The van der Waals surface area contributed by atoms with Crippen molar-refractivity contribution in [2.75, 3.05) is 34.5 Å². The Morgan fingerprint density at radius 2 is 1.77 bits per heavy atom. The molecule has 1 unspecified atom stereocenters. The average molecular weight is 414 g/mol. The fourth-order valence-electron chi connectivity index (χ4n) is 3.38. The van der Waals surface area contributed by atoms with Crippen LogP contribution in [0.2, 0.25) is 0 Å². The van der Waals surface area contributed by atoms with Crippen LogP contribution in [0.3, 0.4) is 0 Å². The molecular formula is C22H26N2O6. The number of amides is 2. The van der Waals surface area contributed by atoms with Crippen LogP contribution in [-0.4, -0.2) is 46.3 Å². The molecule has 1 aliphatic heterocycles. The van der Waals surface area contributed by atoms with E-state index in [4.69, 9.17) is 18.9 Å². The second-order valence-electron chi connectivity index (χ2n) is 6.90. The van der Waals surface area contributed by atoms with Crippen molar-refractivity contribution < 1.29 is 28.5 Å². The van der Waals surface area contributed by atoms with E-state index in [0.29, 0.717) is 35.8 Å². The van der Waals surface area contributed by atoms with Crippen LogP contribution in [0.1, 0.15) is 33.9 Å². The fraction of sp³-hybridized carbons (Fsp3) is 0.364. The number of methoxy groups -OCH3 is 3. The molecule has 2 aromatic carbocycles. The normalized spacial score (nSPS) is 14.7. The van der Waals surface area contributed by atoms with E-state index < -0.39 is 5.91 Å². The Balaban J connectivity index is 1.65. The van der Waals surface area contributed by atoms with Gasteiger partial charge in [-0.1, -0.05) is 17.7 Å². The van der Waals surface area contributed by atoms with Crippen LogP contribution in [0.5, 0.6) is 23.0 Å². The molecule has 8 heteroatoms. The van der Waals surface area contributed by atoms with E-state index in [-0.39, 0.29) is 18.5 Å². The van der Waals surface area contributed by atoms with Crippen LogP contribution in [0.15, 0.2) is 30.3 Å². The Kier molecular flexibility index (Phi) is 6.66. The molecule has 0 aliphatic carbocycles. The summed E-state index contributed by atoms with van der Waals surface area (Å²) < 4.78 is 21.4. The van der Waals surface area contributed by atoms with E-state index in [1.54, 1.807) is 0 Å². The fourth-order valence-corrected chi connectivity index (χ4v) is 3.38. The first-order chi connectivity index (χ1) is 14.5. The first-order valence-corrected chi connectivity index (χ1v) is 9.57. The van der Waals surface area contributed by atoms with Gasteiger partial charge in [0.25, 0.3) is 5.91 Å². The van der Waals surface area contributed by atoms with E-state index >= 15 is 0 Å². The summed E-state index contributed by atoms with van der Waals surface area (Å²) in [6.45, 7) is 2.36. The summed E-state index contributed by atoms with van der Waals surface area (Å²) in [5, 5.41) is 5.60. The van der Waals surface area contributed by atoms with Crippen molar-refractivity contribution in [1.29, 1.82) is 0 Å². The van der Waals surface area contributed by atoms with Crippen molar-refractivity contribution in [3.05, 3.63) is 47.0 Å². The molecule has 0 spiro atoms. The number of carbonyl (C=O) groups excluding carboxylic acids is 2. The highest BCUT2D eigenvalue weighted by molar-refractivity contribution is 5.97. The molecule has 8 nitrogen and oxygen atoms in total. The predicted octanol–water partition coefficient (Wildman–Crippen LogP) is 2.39. The molecule has 1 heterocycles. The van der Waals surface area contributed by atoms with Crippen LogP contribution in [-0.2, 0) is 4.79 Å². The van der Waals surface area contributed by atoms with Gasteiger partial charge >= 0.3 is 0 Å². The van der Waals surface area contributed by atoms with Gasteiger partial charge in [0, 0.05) is 17.5 Å². The van der Waals surface area contributed by atoms with Crippen molar-refractivity contribution in [2.24, 2.45) is 0 Å². The first kappa shape index (κ1) is 21.3. The van der Waals surface area contributed by atoms with E-state index in [1.165, 1.54) is 33.5 Å². The SMILES string of the molecule is COc1cc(C(=O)NCC(=O)NC2CCOc3ccc(C)cc32)cc(OC)c1OC. The molecule has 2 aromatic rings. The smallest absolute Gasteiger partial charge is 0.251 e. The Morgan fingerprint density at radius 3 is 2.40 bits per heavy atom. The van der Waals surface area contributed by atoms with E-state index in [2.05, 4.69) is 10.6 Å².